The molecule has 0 radical (unpaired) electrons. The largest absolute Gasteiger partial charge is 0.360 e. The number of hydrogen-bond acceptors (Lipinski definition) is 8. The van der Waals surface area contributed by atoms with E-state index in [9.17, 15) is 8.42 Å². The molecule has 0 bridgehead atoms. The van der Waals surface area contributed by atoms with Gasteiger partial charge in [0.1, 0.15) is 10.6 Å². The molecule has 1 aliphatic rings. The molecule has 1 saturated heterocycles. The Morgan fingerprint density at radius 1 is 1.31 bits per heavy atom. The fraction of sp³-hybridized carbons (Fsp3) is 0.688. The van der Waals surface area contributed by atoms with Crippen LogP contribution in [-0.2, 0) is 16.4 Å². The molecule has 2 unspecified atom stereocenters. The first-order valence-corrected chi connectivity index (χ1v) is 10.2. The van der Waals surface area contributed by atoms with E-state index in [0.29, 0.717) is 42.7 Å². The van der Waals surface area contributed by atoms with Crippen molar-refractivity contribution in [1.29, 1.82) is 0 Å². The molecule has 2 atom stereocenters. The topological polar surface area (TPSA) is 114 Å². The van der Waals surface area contributed by atoms with Crippen molar-refractivity contribution in [2.75, 3.05) is 20.1 Å². The summed E-state index contributed by atoms with van der Waals surface area (Å²) in [6.45, 7) is 6.06. The van der Waals surface area contributed by atoms with Gasteiger partial charge in [-0.25, -0.2) is 8.42 Å². The highest BCUT2D eigenvalue weighted by Gasteiger charge is 2.36. The number of sulfonamides is 1. The minimum Gasteiger partial charge on any atom is -0.360 e. The Morgan fingerprint density at radius 2 is 2.08 bits per heavy atom. The van der Waals surface area contributed by atoms with Crippen molar-refractivity contribution in [3.63, 3.8) is 0 Å². The van der Waals surface area contributed by atoms with Gasteiger partial charge < -0.3 is 14.4 Å². The maximum atomic E-state index is 13.0. The Kier molecular flexibility index (Phi) is 5.44. The molecule has 1 fully saturated rings. The summed E-state index contributed by atoms with van der Waals surface area (Å²) < 4.78 is 37.9. The van der Waals surface area contributed by atoms with Gasteiger partial charge >= 0.3 is 0 Å². The third kappa shape index (κ3) is 3.67. The second-order valence-corrected chi connectivity index (χ2v) is 8.67. The van der Waals surface area contributed by atoms with Gasteiger partial charge in [0, 0.05) is 25.6 Å². The van der Waals surface area contributed by atoms with Crippen molar-refractivity contribution in [2.24, 2.45) is 0 Å². The molecule has 0 saturated carbocycles. The minimum atomic E-state index is -3.66. The highest BCUT2D eigenvalue weighted by Crippen LogP contribution is 2.31. The molecule has 0 spiro atoms. The first-order valence-electron chi connectivity index (χ1n) is 8.75. The molecule has 26 heavy (non-hydrogen) atoms. The van der Waals surface area contributed by atoms with Gasteiger partial charge in [0.25, 0.3) is 0 Å². The summed E-state index contributed by atoms with van der Waals surface area (Å²) >= 11 is 0. The highest BCUT2D eigenvalue weighted by molar-refractivity contribution is 7.89. The summed E-state index contributed by atoms with van der Waals surface area (Å²) in [5.74, 6) is 1.34. The SMILES string of the molecule is CNC(C)Cc1noc(C2CCCN(S(=O)(=O)c3c(C)noc3C)C2)n1. The lowest BCUT2D eigenvalue weighted by atomic mass is 10.00. The summed E-state index contributed by atoms with van der Waals surface area (Å²) in [4.78, 5) is 4.63. The normalized spacial score (nSPS) is 20.4. The molecule has 2 aromatic heterocycles. The van der Waals surface area contributed by atoms with E-state index in [1.165, 1.54) is 4.31 Å². The number of aromatic nitrogens is 3. The van der Waals surface area contributed by atoms with Gasteiger partial charge in [0.2, 0.25) is 15.9 Å². The standard InChI is InChI=1S/C16H25N5O4S/c1-10(17-4)8-14-18-16(25-20-14)13-6-5-7-21(9-13)26(22,23)15-11(2)19-24-12(15)3/h10,13,17H,5-9H2,1-4H3. The van der Waals surface area contributed by atoms with Crippen LogP contribution in [0.15, 0.2) is 13.9 Å². The highest BCUT2D eigenvalue weighted by atomic mass is 32.2. The summed E-state index contributed by atoms with van der Waals surface area (Å²) in [6.07, 6.45) is 2.21. The Labute approximate surface area is 153 Å². The lowest BCUT2D eigenvalue weighted by Gasteiger charge is -2.29. The van der Waals surface area contributed by atoms with Crippen LogP contribution in [0.2, 0.25) is 0 Å². The first kappa shape index (κ1) is 19.0. The first-order chi connectivity index (χ1) is 12.3. The van der Waals surface area contributed by atoms with Gasteiger partial charge in [-0.05, 0) is 40.7 Å². The minimum absolute atomic E-state index is 0.106. The fourth-order valence-electron chi connectivity index (χ4n) is 3.23. The average molecular weight is 383 g/mol. The second kappa shape index (κ2) is 7.45. The molecule has 1 N–H and O–H groups in total. The average Bonchev–Trinajstić information content (AvgIpc) is 3.21. The molecular formula is C16H25N5O4S. The van der Waals surface area contributed by atoms with Gasteiger partial charge in [-0.2, -0.15) is 9.29 Å². The Bertz CT molecular complexity index is 840. The van der Waals surface area contributed by atoms with Crippen LogP contribution in [-0.4, -0.2) is 54.2 Å². The lowest BCUT2D eigenvalue weighted by molar-refractivity contribution is 0.264. The Hall–Kier alpha value is -1.78. The summed E-state index contributed by atoms with van der Waals surface area (Å²) in [7, 11) is -1.78. The zero-order chi connectivity index (χ0) is 18.9. The van der Waals surface area contributed by atoms with Crippen molar-refractivity contribution >= 4 is 10.0 Å². The van der Waals surface area contributed by atoms with Crippen LogP contribution in [0, 0.1) is 13.8 Å². The van der Waals surface area contributed by atoms with E-state index in [4.69, 9.17) is 9.05 Å². The van der Waals surface area contributed by atoms with E-state index in [2.05, 4.69) is 20.6 Å². The number of nitrogens with zero attached hydrogens (tertiary/aromatic N) is 4. The predicted octanol–water partition coefficient (Wildman–Crippen LogP) is 1.39. The van der Waals surface area contributed by atoms with E-state index in [1.807, 2.05) is 14.0 Å². The summed E-state index contributed by atoms with van der Waals surface area (Å²) in [5.41, 5.74) is 0.380. The van der Waals surface area contributed by atoms with Crippen LogP contribution < -0.4 is 5.32 Å². The third-order valence-corrected chi connectivity index (χ3v) is 6.87. The third-order valence-electron chi connectivity index (χ3n) is 4.76. The molecule has 3 rings (SSSR count). The molecule has 144 valence electrons. The van der Waals surface area contributed by atoms with Gasteiger partial charge in [-0.15, -0.1) is 0 Å². The molecule has 0 aromatic carbocycles. The van der Waals surface area contributed by atoms with E-state index in [1.54, 1.807) is 13.8 Å². The molecule has 0 amide bonds. The van der Waals surface area contributed by atoms with Gasteiger partial charge in [-0.3, -0.25) is 0 Å². The van der Waals surface area contributed by atoms with E-state index in [0.717, 1.165) is 12.8 Å². The Balaban J connectivity index is 1.77. The zero-order valence-electron chi connectivity index (χ0n) is 15.5. The van der Waals surface area contributed by atoms with Crippen LogP contribution in [0.3, 0.4) is 0 Å². The molecular weight excluding hydrogens is 358 g/mol. The van der Waals surface area contributed by atoms with Crippen LogP contribution >= 0.6 is 0 Å². The van der Waals surface area contributed by atoms with Crippen LogP contribution in [0.1, 0.15) is 48.9 Å². The van der Waals surface area contributed by atoms with Gasteiger partial charge in [0.15, 0.2) is 11.6 Å². The number of aryl methyl sites for hydroxylation is 2. The molecule has 0 aliphatic carbocycles. The summed E-state index contributed by atoms with van der Waals surface area (Å²) in [6, 6.07) is 0.239. The number of piperidine rings is 1. The lowest BCUT2D eigenvalue weighted by Crippen LogP contribution is -2.39. The molecule has 3 heterocycles. The molecule has 2 aromatic rings. The van der Waals surface area contributed by atoms with Crippen LogP contribution in [0.25, 0.3) is 0 Å². The van der Waals surface area contributed by atoms with Gasteiger partial charge in [-0.1, -0.05) is 10.3 Å². The number of nitrogens with one attached hydrogen (secondary N) is 1. The predicted molar refractivity (Wildman–Crippen MR) is 93.2 cm³/mol. The monoisotopic (exact) mass is 383 g/mol. The number of rotatable bonds is 6. The number of hydrogen-bond donors (Lipinski definition) is 1. The van der Waals surface area contributed by atoms with Crippen molar-refractivity contribution in [1.82, 2.24) is 24.9 Å². The zero-order valence-corrected chi connectivity index (χ0v) is 16.3. The maximum Gasteiger partial charge on any atom is 0.248 e. The van der Waals surface area contributed by atoms with Crippen molar-refractivity contribution in [2.45, 2.75) is 56.9 Å². The van der Waals surface area contributed by atoms with Crippen LogP contribution in [0.5, 0.6) is 0 Å². The summed E-state index contributed by atoms with van der Waals surface area (Å²) in [5, 5.41) is 10.9. The quantitative estimate of drug-likeness (QED) is 0.796. The van der Waals surface area contributed by atoms with E-state index in [-0.39, 0.29) is 16.9 Å². The van der Waals surface area contributed by atoms with Crippen molar-refractivity contribution < 1.29 is 17.5 Å². The smallest absolute Gasteiger partial charge is 0.248 e. The van der Waals surface area contributed by atoms with E-state index >= 15 is 0 Å². The second-order valence-electron chi connectivity index (χ2n) is 6.80. The molecule has 1 aliphatic heterocycles. The maximum absolute atomic E-state index is 13.0. The Morgan fingerprint density at radius 3 is 2.73 bits per heavy atom. The molecule has 10 heteroatoms. The number of likely N-dealkylation sites (N-methyl/N-ethyl adjacent to an activating group) is 1. The van der Waals surface area contributed by atoms with Crippen molar-refractivity contribution in [3.05, 3.63) is 23.2 Å². The fourth-order valence-corrected chi connectivity index (χ4v) is 5.04. The van der Waals surface area contributed by atoms with Crippen LogP contribution in [0.4, 0.5) is 0 Å². The van der Waals surface area contributed by atoms with Gasteiger partial charge in [0.05, 0.1) is 5.92 Å². The van der Waals surface area contributed by atoms with E-state index < -0.39 is 10.0 Å². The molecule has 9 nitrogen and oxygen atoms in total. The van der Waals surface area contributed by atoms with Crippen molar-refractivity contribution in [3.8, 4) is 0 Å².